The molecule has 0 fully saturated rings. The number of hydrogen-bond acceptors (Lipinski definition) is 4. The van der Waals surface area contributed by atoms with Gasteiger partial charge < -0.3 is 14.6 Å². The molecule has 0 saturated carbocycles. The van der Waals surface area contributed by atoms with Crippen molar-refractivity contribution in [2.75, 3.05) is 12.4 Å². The molecule has 0 atom stereocenters. The van der Waals surface area contributed by atoms with Crippen molar-refractivity contribution < 1.29 is 9.26 Å². The van der Waals surface area contributed by atoms with E-state index in [9.17, 15) is 0 Å². The van der Waals surface area contributed by atoms with Gasteiger partial charge in [-0.2, -0.15) is 0 Å². The van der Waals surface area contributed by atoms with Gasteiger partial charge in [-0.15, -0.1) is 0 Å². The van der Waals surface area contributed by atoms with Gasteiger partial charge >= 0.3 is 0 Å². The van der Waals surface area contributed by atoms with Gasteiger partial charge in [-0.25, -0.2) is 0 Å². The molecule has 0 bridgehead atoms. The first kappa shape index (κ1) is 12.8. The van der Waals surface area contributed by atoms with Crippen LogP contribution >= 0.6 is 11.6 Å². The number of aromatic nitrogens is 1. The van der Waals surface area contributed by atoms with Crippen molar-refractivity contribution in [2.45, 2.75) is 20.4 Å². The van der Waals surface area contributed by atoms with Crippen LogP contribution in [0.4, 0.5) is 5.69 Å². The zero-order valence-electron chi connectivity index (χ0n) is 10.6. The molecule has 1 heterocycles. The van der Waals surface area contributed by atoms with E-state index in [4.69, 9.17) is 20.9 Å². The number of rotatable bonds is 4. The Morgan fingerprint density at radius 2 is 2.17 bits per heavy atom. The van der Waals surface area contributed by atoms with Gasteiger partial charge in [0.2, 0.25) is 0 Å². The lowest BCUT2D eigenvalue weighted by molar-refractivity contribution is 0.392. The number of benzene rings is 1. The quantitative estimate of drug-likeness (QED) is 0.919. The van der Waals surface area contributed by atoms with Crippen LogP contribution in [0, 0.1) is 13.8 Å². The molecule has 1 N–H and O–H groups in total. The van der Waals surface area contributed by atoms with Crippen molar-refractivity contribution in [3.8, 4) is 5.75 Å². The van der Waals surface area contributed by atoms with Crippen molar-refractivity contribution in [3.05, 3.63) is 40.2 Å². The van der Waals surface area contributed by atoms with Crippen LogP contribution in [-0.2, 0) is 6.54 Å². The molecule has 0 saturated heterocycles. The summed E-state index contributed by atoms with van der Waals surface area (Å²) in [5, 5.41) is 7.81. The Balaban J connectivity index is 2.11. The molecular weight excluding hydrogens is 252 g/mol. The predicted molar refractivity (Wildman–Crippen MR) is 71.3 cm³/mol. The SMILES string of the molecule is COc1cc(NCc2c(C)noc2C)ccc1Cl. The van der Waals surface area contributed by atoms with Gasteiger partial charge in [0.1, 0.15) is 11.5 Å². The number of nitrogens with zero attached hydrogens (tertiary/aromatic N) is 1. The summed E-state index contributed by atoms with van der Waals surface area (Å²) in [6, 6.07) is 5.57. The Morgan fingerprint density at radius 3 is 2.78 bits per heavy atom. The van der Waals surface area contributed by atoms with Crippen LogP contribution in [0.2, 0.25) is 5.02 Å². The molecule has 96 valence electrons. The molecule has 4 nitrogen and oxygen atoms in total. The number of nitrogens with one attached hydrogen (secondary N) is 1. The second-order valence-electron chi connectivity index (χ2n) is 4.01. The molecule has 0 aliphatic carbocycles. The van der Waals surface area contributed by atoms with Gasteiger partial charge in [-0.1, -0.05) is 16.8 Å². The van der Waals surface area contributed by atoms with Gasteiger partial charge in [0.05, 0.1) is 17.8 Å². The maximum absolute atomic E-state index is 5.97. The minimum Gasteiger partial charge on any atom is -0.495 e. The Morgan fingerprint density at radius 1 is 1.39 bits per heavy atom. The highest BCUT2D eigenvalue weighted by Gasteiger charge is 2.09. The maximum Gasteiger partial charge on any atom is 0.139 e. The number of aryl methyl sites for hydroxylation is 2. The topological polar surface area (TPSA) is 47.3 Å². The Kier molecular flexibility index (Phi) is 3.77. The standard InChI is InChI=1S/C13H15ClN2O2/c1-8-11(9(2)18-16-8)7-15-10-4-5-12(14)13(6-10)17-3/h4-6,15H,7H2,1-3H3. The van der Waals surface area contributed by atoms with Gasteiger partial charge in [0, 0.05) is 23.9 Å². The molecule has 0 aliphatic heterocycles. The van der Waals surface area contributed by atoms with Gasteiger partial charge in [0.25, 0.3) is 0 Å². The molecule has 0 amide bonds. The summed E-state index contributed by atoms with van der Waals surface area (Å²) >= 11 is 5.97. The van der Waals surface area contributed by atoms with Crippen molar-refractivity contribution in [3.63, 3.8) is 0 Å². The van der Waals surface area contributed by atoms with E-state index in [1.807, 2.05) is 26.0 Å². The normalized spacial score (nSPS) is 10.4. The molecule has 18 heavy (non-hydrogen) atoms. The van der Waals surface area contributed by atoms with Crippen LogP contribution in [-0.4, -0.2) is 12.3 Å². The van der Waals surface area contributed by atoms with E-state index in [1.165, 1.54) is 0 Å². The van der Waals surface area contributed by atoms with Crippen molar-refractivity contribution >= 4 is 17.3 Å². The monoisotopic (exact) mass is 266 g/mol. The van der Waals surface area contributed by atoms with E-state index < -0.39 is 0 Å². The van der Waals surface area contributed by atoms with Crippen LogP contribution in [0.5, 0.6) is 5.75 Å². The van der Waals surface area contributed by atoms with E-state index in [1.54, 1.807) is 13.2 Å². The first-order valence-electron chi connectivity index (χ1n) is 5.61. The lowest BCUT2D eigenvalue weighted by atomic mass is 10.2. The molecule has 5 heteroatoms. The first-order valence-corrected chi connectivity index (χ1v) is 5.98. The van der Waals surface area contributed by atoms with Crippen LogP contribution in [0.3, 0.4) is 0 Å². The van der Waals surface area contributed by atoms with Gasteiger partial charge in [0.15, 0.2) is 0 Å². The fraction of sp³-hybridized carbons (Fsp3) is 0.308. The molecule has 1 aromatic heterocycles. The fourth-order valence-corrected chi connectivity index (χ4v) is 1.91. The second kappa shape index (κ2) is 5.31. The Labute approximate surface area is 111 Å². The zero-order valence-corrected chi connectivity index (χ0v) is 11.3. The van der Waals surface area contributed by atoms with E-state index in [2.05, 4.69) is 10.5 Å². The lowest BCUT2D eigenvalue weighted by Gasteiger charge is -2.09. The summed E-state index contributed by atoms with van der Waals surface area (Å²) in [5.74, 6) is 1.49. The van der Waals surface area contributed by atoms with Gasteiger partial charge in [-0.05, 0) is 26.0 Å². The predicted octanol–water partition coefficient (Wildman–Crippen LogP) is 3.57. The average molecular weight is 267 g/mol. The highest BCUT2D eigenvalue weighted by Crippen LogP contribution is 2.27. The third kappa shape index (κ3) is 2.59. The minimum absolute atomic E-state index is 0.598. The summed E-state index contributed by atoms with van der Waals surface area (Å²) < 4.78 is 10.3. The summed E-state index contributed by atoms with van der Waals surface area (Å²) in [7, 11) is 1.60. The number of halogens is 1. The number of ether oxygens (including phenoxy) is 1. The average Bonchev–Trinajstić information content (AvgIpc) is 2.68. The highest BCUT2D eigenvalue weighted by atomic mass is 35.5. The molecule has 0 aliphatic rings. The summed E-state index contributed by atoms with van der Waals surface area (Å²) in [5.41, 5.74) is 2.92. The second-order valence-corrected chi connectivity index (χ2v) is 4.41. The minimum atomic E-state index is 0.598. The molecule has 1 aromatic carbocycles. The van der Waals surface area contributed by atoms with Crippen LogP contribution in [0.1, 0.15) is 17.0 Å². The van der Waals surface area contributed by atoms with E-state index >= 15 is 0 Å². The Hall–Kier alpha value is -1.68. The van der Waals surface area contributed by atoms with Crippen LogP contribution in [0.15, 0.2) is 22.7 Å². The van der Waals surface area contributed by atoms with E-state index in [0.717, 1.165) is 22.7 Å². The first-order chi connectivity index (χ1) is 8.61. The van der Waals surface area contributed by atoms with Crippen molar-refractivity contribution in [2.24, 2.45) is 0 Å². The fourth-order valence-electron chi connectivity index (χ4n) is 1.71. The molecule has 0 unspecified atom stereocenters. The summed E-state index contributed by atoms with van der Waals surface area (Å²) in [4.78, 5) is 0. The molecular formula is C13H15ClN2O2. The largest absolute Gasteiger partial charge is 0.495 e. The van der Waals surface area contributed by atoms with E-state index in [-0.39, 0.29) is 0 Å². The smallest absolute Gasteiger partial charge is 0.139 e. The highest BCUT2D eigenvalue weighted by molar-refractivity contribution is 6.32. The molecule has 0 radical (unpaired) electrons. The van der Waals surface area contributed by atoms with E-state index in [0.29, 0.717) is 17.3 Å². The summed E-state index contributed by atoms with van der Waals surface area (Å²) in [6.07, 6.45) is 0. The molecule has 0 spiro atoms. The van der Waals surface area contributed by atoms with Crippen LogP contribution < -0.4 is 10.1 Å². The molecule has 2 rings (SSSR count). The van der Waals surface area contributed by atoms with Crippen LogP contribution in [0.25, 0.3) is 0 Å². The number of anilines is 1. The zero-order chi connectivity index (χ0) is 13.1. The van der Waals surface area contributed by atoms with Gasteiger partial charge in [-0.3, -0.25) is 0 Å². The number of hydrogen-bond donors (Lipinski definition) is 1. The Bertz CT molecular complexity index is 532. The third-order valence-corrected chi connectivity index (χ3v) is 3.11. The lowest BCUT2D eigenvalue weighted by Crippen LogP contribution is -2.01. The van der Waals surface area contributed by atoms with Crippen molar-refractivity contribution in [1.82, 2.24) is 5.16 Å². The number of methoxy groups -OCH3 is 1. The van der Waals surface area contributed by atoms with Crippen molar-refractivity contribution in [1.29, 1.82) is 0 Å². The third-order valence-electron chi connectivity index (χ3n) is 2.80. The maximum atomic E-state index is 5.97. The molecule has 2 aromatic rings. The summed E-state index contributed by atoms with van der Waals surface area (Å²) in [6.45, 7) is 4.49.